The molecule has 1 atom stereocenters. The minimum Gasteiger partial charge on any atom is -0.337 e. The Morgan fingerprint density at radius 1 is 1.56 bits per heavy atom. The lowest BCUT2D eigenvalue weighted by molar-refractivity contribution is 0.179. The molecule has 1 aliphatic heterocycles. The van der Waals surface area contributed by atoms with E-state index >= 15 is 0 Å². The summed E-state index contributed by atoms with van der Waals surface area (Å²) in [5, 5.41) is 3.54. The van der Waals surface area contributed by atoms with Crippen molar-refractivity contribution >= 4 is 0 Å². The summed E-state index contributed by atoms with van der Waals surface area (Å²) >= 11 is 0. The maximum absolute atomic E-state index is 4.38. The van der Waals surface area contributed by atoms with Gasteiger partial charge >= 0.3 is 0 Å². The summed E-state index contributed by atoms with van der Waals surface area (Å²) in [5.74, 6) is 1.16. The number of hydrogen-bond donors (Lipinski definition) is 1. The van der Waals surface area contributed by atoms with Gasteiger partial charge in [0.1, 0.15) is 5.82 Å². The number of likely N-dealkylation sites (tertiary alicyclic amines) is 1. The number of rotatable bonds is 4. The summed E-state index contributed by atoms with van der Waals surface area (Å²) in [6.45, 7) is 6.58. The van der Waals surface area contributed by atoms with E-state index in [1.165, 1.54) is 19.4 Å². The van der Waals surface area contributed by atoms with Gasteiger partial charge < -0.3 is 9.88 Å². The molecule has 1 aromatic heterocycles. The van der Waals surface area contributed by atoms with Crippen molar-refractivity contribution in [3.8, 4) is 0 Å². The summed E-state index contributed by atoms with van der Waals surface area (Å²) in [7, 11) is 2.06. The summed E-state index contributed by atoms with van der Waals surface area (Å²) in [6, 6.07) is 0.666. The maximum Gasteiger partial charge on any atom is 0.122 e. The highest BCUT2D eigenvalue weighted by molar-refractivity contribution is 4.92. The lowest BCUT2D eigenvalue weighted by Gasteiger charge is -2.32. The van der Waals surface area contributed by atoms with Crippen LogP contribution in [0.25, 0.3) is 0 Å². The van der Waals surface area contributed by atoms with E-state index < -0.39 is 0 Å². The molecule has 4 nitrogen and oxygen atoms in total. The van der Waals surface area contributed by atoms with E-state index in [4.69, 9.17) is 0 Å². The van der Waals surface area contributed by atoms with Crippen molar-refractivity contribution in [2.24, 2.45) is 7.05 Å². The Morgan fingerprint density at radius 3 is 3.12 bits per heavy atom. The van der Waals surface area contributed by atoms with Crippen LogP contribution in [-0.2, 0) is 13.6 Å². The van der Waals surface area contributed by atoms with Gasteiger partial charge in [0, 0.05) is 32.0 Å². The second-order valence-corrected chi connectivity index (χ2v) is 4.59. The van der Waals surface area contributed by atoms with Gasteiger partial charge in [0.2, 0.25) is 0 Å². The predicted octanol–water partition coefficient (Wildman–Crippen LogP) is 0.994. The van der Waals surface area contributed by atoms with Crippen molar-refractivity contribution < 1.29 is 0 Å². The van der Waals surface area contributed by atoms with Crippen LogP contribution in [0.3, 0.4) is 0 Å². The van der Waals surface area contributed by atoms with Crippen LogP contribution in [0.1, 0.15) is 25.6 Å². The SMILES string of the molecule is CCNC1CCCN(Cc2nccn2C)C1. The summed E-state index contributed by atoms with van der Waals surface area (Å²) < 4.78 is 2.11. The van der Waals surface area contributed by atoms with Gasteiger partial charge in [0.05, 0.1) is 6.54 Å². The molecule has 16 heavy (non-hydrogen) atoms. The van der Waals surface area contributed by atoms with E-state index in [9.17, 15) is 0 Å². The molecule has 0 saturated carbocycles. The van der Waals surface area contributed by atoms with Crippen molar-refractivity contribution in [3.63, 3.8) is 0 Å². The van der Waals surface area contributed by atoms with Crippen molar-refractivity contribution in [1.29, 1.82) is 0 Å². The molecule has 0 spiro atoms. The third-order valence-corrected chi connectivity index (χ3v) is 3.28. The molecule has 2 heterocycles. The smallest absolute Gasteiger partial charge is 0.122 e. The normalized spacial score (nSPS) is 22.5. The molecule has 0 amide bonds. The van der Waals surface area contributed by atoms with Crippen molar-refractivity contribution in [2.75, 3.05) is 19.6 Å². The first-order chi connectivity index (χ1) is 7.79. The van der Waals surface area contributed by atoms with Gasteiger partial charge in [-0.2, -0.15) is 0 Å². The molecule has 2 rings (SSSR count). The fraction of sp³-hybridized carbons (Fsp3) is 0.750. The van der Waals surface area contributed by atoms with Crippen molar-refractivity contribution in [3.05, 3.63) is 18.2 Å². The largest absolute Gasteiger partial charge is 0.337 e. The molecule has 1 saturated heterocycles. The minimum atomic E-state index is 0.666. The third kappa shape index (κ3) is 2.83. The van der Waals surface area contributed by atoms with Crippen molar-refractivity contribution in [1.82, 2.24) is 19.8 Å². The summed E-state index contributed by atoms with van der Waals surface area (Å²) in [4.78, 5) is 6.88. The van der Waals surface area contributed by atoms with Gasteiger partial charge in [-0.15, -0.1) is 0 Å². The van der Waals surface area contributed by atoms with Crippen LogP contribution in [0.15, 0.2) is 12.4 Å². The van der Waals surface area contributed by atoms with Crippen LogP contribution >= 0.6 is 0 Å². The molecule has 4 heteroatoms. The number of nitrogens with one attached hydrogen (secondary N) is 1. The first kappa shape index (κ1) is 11.6. The van der Waals surface area contributed by atoms with E-state index in [2.05, 4.69) is 33.7 Å². The summed E-state index contributed by atoms with van der Waals surface area (Å²) in [5.41, 5.74) is 0. The molecular weight excluding hydrogens is 200 g/mol. The Bertz CT molecular complexity index is 319. The first-order valence-corrected chi connectivity index (χ1v) is 6.21. The van der Waals surface area contributed by atoms with Crippen LogP contribution in [-0.4, -0.2) is 40.1 Å². The molecular formula is C12H22N4. The van der Waals surface area contributed by atoms with Crippen LogP contribution in [0, 0.1) is 0 Å². The molecule has 1 aromatic rings. The predicted molar refractivity (Wildman–Crippen MR) is 65.2 cm³/mol. The third-order valence-electron chi connectivity index (χ3n) is 3.28. The molecule has 0 bridgehead atoms. The maximum atomic E-state index is 4.38. The number of nitrogens with zero attached hydrogens (tertiary/aromatic N) is 3. The molecule has 1 fully saturated rings. The number of imidazole rings is 1. The molecule has 90 valence electrons. The number of likely N-dealkylation sites (N-methyl/N-ethyl adjacent to an activating group) is 1. The van der Waals surface area contributed by atoms with E-state index in [1.807, 2.05) is 12.4 Å². The topological polar surface area (TPSA) is 33.1 Å². The average Bonchev–Trinajstić information content (AvgIpc) is 2.66. The van der Waals surface area contributed by atoms with E-state index in [1.54, 1.807) is 0 Å². The zero-order chi connectivity index (χ0) is 11.4. The first-order valence-electron chi connectivity index (χ1n) is 6.21. The van der Waals surface area contributed by atoms with Crippen LogP contribution < -0.4 is 5.32 Å². The second kappa shape index (κ2) is 5.46. The van der Waals surface area contributed by atoms with E-state index in [-0.39, 0.29) is 0 Å². The quantitative estimate of drug-likeness (QED) is 0.825. The van der Waals surface area contributed by atoms with Gasteiger partial charge in [-0.05, 0) is 25.9 Å². The Balaban J connectivity index is 1.88. The molecule has 1 unspecified atom stereocenters. The van der Waals surface area contributed by atoms with Crippen LogP contribution in [0.5, 0.6) is 0 Å². The van der Waals surface area contributed by atoms with E-state index in [0.717, 1.165) is 25.5 Å². The zero-order valence-corrected chi connectivity index (χ0v) is 10.3. The fourth-order valence-corrected chi connectivity index (χ4v) is 2.40. The lowest BCUT2D eigenvalue weighted by Crippen LogP contribution is -2.45. The second-order valence-electron chi connectivity index (χ2n) is 4.59. The highest BCUT2D eigenvalue weighted by atomic mass is 15.2. The molecule has 0 radical (unpaired) electrons. The fourth-order valence-electron chi connectivity index (χ4n) is 2.40. The molecule has 0 aliphatic carbocycles. The van der Waals surface area contributed by atoms with Gasteiger partial charge in [-0.3, -0.25) is 4.90 Å². The van der Waals surface area contributed by atoms with Crippen molar-refractivity contribution in [2.45, 2.75) is 32.4 Å². The number of piperidine rings is 1. The number of aromatic nitrogens is 2. The van der Waals surface area contributed by atoms with Crippen LogP contribution in [0.2, 0.25) is 0 Å². The van der Waals surface area contributed by atoms with Gasteiger partial charge in [-0.1, -0.05) is 6.92 Å². The monoisotopic (exact) mass is 222 g/mol. The number of hydrogen-bond acceptors (Lipinski definition) is 3. The van der Waals surface area contributed by atoms with Crippen LogP contribution in [0.4, 0.5) is 0 Å². The Kier molecular flexibility index (Phi) is 3.96. The highest BCUT2D eigenvalue weighted by Gasteiger charge is 2.19. The Hall–Kier alpha value is -0.870. The highest BCUT2D eigenvalue weighted by Crippen LogP contribution is 2.12. The Labute approximate surface area is 97.7 Å². The zero-order valence-electron chi connectivity index (χ0n) is 10.3. The summed E-state index contributed by atoms with van der Waals surface area (Å²) in [6.07, 6.45) is 6.50. The van der Waals surface area contributed by atoms with Gasteiger partial charge in [0.25, 0.3) is 0 Å². The lowest BCUT2D eigenvalue weighted by atomic mass is 10.1. The standard InChI is InChI=1S/C12H22N4/c1-3-13-11-5-4-7-16(9-11)10-12-14-6-8-15(12)2/h6,8,11,13H,3-5,7,9-10H2,1-2H3. The minimum absolute atomic E-state index is 0.666. The van der Waals surface area contributed by atoms with Gasteiger partial charge in [0.15, 0.2) is 0 Å². The van der Waals surface area contributed by atoms with E-state index in [0.29, 0.717) is 6.04 Å². The number of aryl methyl sites for hydroxylation is 1. The average molecular weight is 222 g/mol. The molecule has 1 aliphatic rings. The Morgan fingerprint density at radius 2 is 2.44 bits per heavy atom. The molecule has 1 N–H and O–H groups in total. The molecule has 0 aromatic carbocycles. The van der Waals surface area contributed by atoms with Gasteiger partial charge in [-0.25, -0.2) is 4.98 Å².